The molecule has 0 saturated carbocycles. The lowest BCUT2D eigenvalue weighted by atomic mass is 9.82. The molecule has 0 spiro atoms. The summed E-state index contributed by atoms with van der Waals surface area (Å²) in [5, 5.41) is 3.61. The van der Waals surface area contributed by atoms with E-state index >= 15 is 0 Å². The maximum atomic E-state index is 4.03. The van der Waals surface area contributed by atoms with Gasteiger partial charge in [0.2, 0.25) is 0 Å². The van der Waals surface area contributed by atoms with Crippen molar-refractivity contribution in [3.63, 3.8) is 0 Å². The number of nitrogens with zero attached hydrogens (tertiary/aromatic N) is 1. The zero-order valence-corrected chi connectivity index (χ0v) is 28.4. The number of aromatic amines is 1. The van der Waals surface area contributed by atoms with Crippen molar-refractivity contribution in [2.75, 3.05) is 4.90 Å². The molecule has 1 aromatic heterocycles. The van der Waals surface area contributed by atoms with Crippen LogP contribution >= 0.6 is 15.9 Å². The number of halogens is 1. The highest BCUT2D eigenvalue weighted by molar-refractivity contribution is 9.10. The van der Waals surface area contributed by atoms with Crippen LogP contribution in [0.25, 0.3) is 55.2 Å². The Balaban J connectivity index is 1.21. The van der Waals surface area contributed by atoms with Gasteiger partial charge in [0.05, 0.1) is 10.2 Å². The molecule has 1 aliphatic carbocycles. The lowest BCUT2D eigenvalue weighted by Crippen LogP contribution is -2.16. The number of H-pyrrole nitrogens is 1. The van der Waals surface area contributed by atoms with Crippen LogP contribution in [0.3, 0.4) is 0 Å². The molecule has 0 atom stereocenters. The summed E-state index contributed by atoms with van der Waals surface area (Å²) in [6, 6.07) is 57.2. The molecule has 0 bridgehead atoms. The van der Waals surface area contributed by atoms with Gasteiger partial charge < -0.3 is 9.88 Å². The van der Waals surface area contributed by atoms with Crippen LogP contribution in [0.15, 0.2) is 162 Å². The summed E-state index contributed by atoms with van der Waals surface area (Å²) in [4.78, 5) is 6.13. The van der Waals surface area contributed by atoms with Gasteiger partial charge in [0.15, 0.2) is 0 Å². The van der Waals surface area contributed by atoms with Crippen LogP contribution in [-0.2, 0) is 5.41 Å². The molecule has 0 radical (unpaired) electrons. The Morgan fingerprint density at radius 1 is 0.500 bits per heavy atom. The maximum absolute atomic E-state index is 4.03. The topological polar surface area (TPSA) is 19.0 Å². The molecule has 2 nitrogen and oxygen atoms in total. The second-order valence-electron chi connectivity index (χ2n) is 13.2. The van der Waals surface area contributed by atoms with Crippen molar-refractivity contribution >= 4 is 54.7 Å². The average molecular weight is 682 g/mol. The molecule has 0 aliphatic heterocycles. The van der Waals surface area contributed by atoms with Crippen molar-refractivity contribution in [1.29, 1.82) is 0 Å². The summed E-state index contributed by atoms with van der Waals surface area (Å²) in [7, 11) is 0. The Bertz CT molecular complexity index is 2480. The summed E-state index contributed by atoms with van der Waals surface area (Å²) in [5.41, 5.74) is 14.5. The normalized spacial score (nSPS) is 13.1. The Labute approximate surface area is 289 Å². The minimum absolute atomic E-state index is 0.0915. The fourth-order valence-electron chi connectivity index (χ4n) is 7.63. The molecule has 1 N–H and O–H groups in total. The Hall–Kier alpha value is -5.38. The van der Waals surface area contributed by atoms with E-state index in [0.717, 1.165) is 38.1 Å². The number of rotatable bonds is 5. The highest BCUT2D eigenvalue weighted by atomic mass is 79.9. The van der Waals surface area contributed by atoms with Crippen LogP contribution in [0.5, 0.6) is 0 Å². The van der Waals surface area contributed by atoms with Crippen LogP contribution in [0.2, 0.25) is 0 Å². The first-order valence-corrected chi connectivity index (χ1v) is 17.3. The standard InChI is InChI=1S/C45H33BrN2/c1-45(2)40-18-9-8-16-36(40)37-25-23-34(28-41(37)45)48(32-21-19-30(20-22-32)29-11-4-3-5-12-29)33-24-26-42-39(27-33)43(46)44(47-42)38-17-10-14-31-13-6-7-15-35(31)38/h3-28,47H,1-2H3. The van der Waals surface area contributed by atoms with Gasteiger partial charge in [0.25, 0.3) is 0 Å². The zero-order valence-electron chi connectivity index (χ0n) is 26.8. The van der Waals surface area contributed by atoms with Crippen molar-refractivity contribution in [2.45, 2.75) is 19.3 Å². The van der Waals surface area contributed by atoms with E-state index in [9.17, 15) is 0 Å². The minimum Gasteiger partial charge on any atom is -0.354 e. The van der Waals surface area contributed by atoms with Gasteiger partial charge in [-0.3, -0.25) is 0 Å². The largest absolute Gasteiger partial charge is 0.354 e. The second-order valence-corrected chi connectivity index (χ2v) is 14.0. The third kappa shape index (κ3) is 4.53. The minimum atomic E-state index is -0.0915. The molecule has 8 aromatic rings. The molecule has 0 unspecified atom stereocenters. The first-order chi connectivity index (χ1) is 23.5. The number of benzene rings is 7. The van der Waals surface area contributed by atoms with Crippen LogP contribution in [-0.4, -0.2) is 4.98 Å². The zero-order chi connectivity index (χ0) is 32.4. The van der Waals surface area contributed by atoms with Crippen LogP contribution in [0, 0.1) is 0 Å². The third-order valence-corrected chi connectivity index (χ3v) is 10.9. The summed E-state index contributed by atoms with van der Waals surface area (Å²) in [5.74, 6) is 0. The number of nitrogens with one attached hydrogen (secondary N) is 1. The van der Waals surface area contributed by atoms with E-state index in [1.165, 1.54) is 49.7 Å². The number of hydrogen-bond donors (Lipinski definition) is 1. The van der Waals surface area contributed by atoms with E-state index in [4.69, 9.17) is 0 Å². The van der Waals surface area contributed by atoms with Gasteiger partial charge in [-0.1, -0.05) is 129 Å². The predicted molar refractivity (Wildman–Crippen MR) is 207 cm³/mol. The van der Waals surface area contributed by atoms with Crippen LogP contribution in [0.4, 0.5) is 17.1 Å². The maximum Gasteiger partial charge on any atom is 0.0615 e. The average Bonchev–Trinajstić information content (AvgIpc) is 3.58. The Kier molecular flexibility index (Phi) is 6.67. The van der Waals surface area contributed by atoms with Crippen LogP contribution in [0.1, 0.15) is 25.0 Å². The van der Waals surface area contributed by atoms with Crippen molar-refractivity contribution < 1.29 is 0 Å². The van der Waals surface area contributed by atoms with E-state index in [1.807, 2.05) is 0 Å². The van der Waals surface area contributed by atoms with E-state index in [-0.39, 0.29) is 5.41 Å². The van der Waals surface area contributed by atoms with Gasteiger partial charge in [-0.25, -0.2) is 0 Å². The van der Waals surface area contributed by atoms with Crippen molar-refractivity contribution in [3.8, 4) is 33.5 Å². The van der Waals surface area contributed by atoms with Gasteiger partial charge in [-0.15, -0.1) is 0 Å². The monoisotopic (exact) mass is 680 g/mol. The molecular weight excluding hydrogens is 648 g/mol. The molecule has 0 amide bonds. The Morgan fingerprint density at radius 3 is 1.98 bits per heavy atom. The van der Waals surface area contributed by atoms with Crippen molar-refractivity contribution in [2.24, 2.45) is 0 Å². The molecule has 7 aromatic carbocycles. The first-order valence-electron chi connectivity index (χ1n) is 16.5. The van der Waals surface area contributed by atoms with Gasteiger partial charge in [0.1, 0.15) is 0 Å². The first kappa shape index (κ1) is 28.8. The highest BCUT2D eigenvalue weighted by Crippen LogP contribution is 2.51. The van der Waals surface area contributed by atoms with Gasteiger partial charge in [-0.2, -0.15) is 0 Å². The molecule has 48 heavy (non-hydrogen) atoms. The fourth-order valence-corrected chi connectivity index (χ4v) is 8.27. The smallest absolute Gasteiger partial charge is 0.0615 e. The highest BCUT2D eigenvalue weighted by Gasteiger charge is 2.35. The quantitative estimate of drug-likeness (QED) is 0.192. The number of hydrogen-bond acceptors (Lipinski definition) is 1. The molecule has 0 fully saturated rings. The number of fused-ring (bicyclic) bond motifs is 5. The predicted octanol–water partition coefficient (Wildman–Crippen LogP) is 13.2. The lowest BCUT2D eigenvalue weighted by molar-refractivity contribution is 0.660. The van der Waals surface area contributed by atoms with E-state index in [0.29, 0.717) is 0 Å². The molecule has 1 aliphatic rings. The molecule has 230 valence electrons. The molecule has 1 heterocycles. The number of anilines is 3. The third-order valence-electron chi connectivity index (χ3n) is 10.1. The SMILES string of the molecule is CC1(C)c2ccccc2-c2ccc(N(c3ccc(-c4ccccc4)cc3)c3ccc4[nH]c(-c5cccc6ccccc56)c(Br)c4c3)cc21. The lowest BCUT2D eigenvalue weighted by Gasteiger charge is -2.28. The molecule has 9 rings (SSSR count). The van der Waals surface area contributed by atoms with Crippen molar-refractivity contribution in [1.82, 2.24) is 4.98 Å². The van der Waals surface area contributed by atoms with E-state index < -0.39 is 0 Å². The number of aromatic nitrogens is 1. The molecule has 0 saturated heterocycles. The van der Waals surface area contributed by atoms with Gasteiger partial charge >= 0.3 is 0 Å². The van der Waals surface area contributed by atoms with Crippen molar-refractivity contribution in [3.05, 3.63) is 173 Å². The van der Waals surface area contributed by atoms with Gasteiger partial charge in [-0.05, 0) is 103 Å². The van der Waals surface area contributed by atoms with Crippen LogP contribution < -0.4 is 4.90 Å². The summed E-state index contributed by atoms with van der Waals surface area (Å²) < 4.78 is 1.07. The summed E-state index contributed by atoms with van der Waals surface area (Å²) in [6.45, 7) is 4.69. The molecule has 3 heteroatoms. The molecular formula is C45H33BrN2. The van der Waals surface area contributed by atoms with Gasteiger partial charge in [0, 0.05) is 38.9 Å². The van der Waals surface area contributed by atoms with E-state index in [2.05, 4.69) is 197 Å². The fraction of sp³-hybridized carbons (Fsp3) is 0.0667. The summed E-state index contributed by atoms with van der Waals surface area (Å²) >= 11 is 4.03. The summed E-state index contributed by atoms with van der Waals surface area (Å²) in [6.07, 6.45) is 0. The second kappa shape index (κ2) is 11.1. The van der Waals surface area contributed by atoms with E-state index in [1.54, 1.807) is 0 Å². The Morgan fingerprint density at radius 2 is 1.12 bits per heavy atom.